The van der Waals surface area contributed by atoms with Crippen molar-refractivity contribution >= 4 is 27.5 Å². The van der Waals surface area contributed by atoms with Gasteiger partial charge in [-0.1, -0.05) is 0 Å². The molecule has 3 aromatic heterocycles. The minimum atomic E-state index is -0.227. The van der Waals surface area contributed by atoms with Gasteiger partial charge in [0.05, 0.1) is 16.3 Å². The van der Waals surface area contributed by atoms with E-state index >= 15 is 0 Å². The standard InChI is InChI=1S/C17H19BrN6O2/c1-2-23-10-12(18)16(22-23)14-5-6-19-15-8-13(21-24(14)15)17(25)20-9-11-4-3-7-26-11/h5-6,8,10-11H,2-4,7,9H2,1H3,(H,20,25). The van der Waals surface area contributed by atoms with Crippen molar-refractivity contribution in [2.24, 2.45) is 0 Å². The molecule has 4 heterocycles. The van der Waals surface area contributed by atoms with Crippen LogP contribution in [-0.4, -0.2) is 49.5 Å². The van der Waals surface area contributed by atoms with Crippen LogP contribution in [0.4, 0.5) is 0 Å². The van der Waals surface area contributed by atoms with Crippen LogP contribution in [0.2, 0.25) is 0 Å². The normalized spacial score (nSPS) is 17.1. The lowest BCUT2D eigenvalue weighted by Gasteiger charge is -2.09. The number of carbonyl (C=O) groups is 1. The molecule has 4 rings (SSSR count). The molecule has 26 heavy (non-hydrogen) atoms. The van der Waals surface area contributed by atoms with Crippen molar-refractivity contribution in [3.8, 4) is 11.4 Å². The predicted molar refractivity (Wildman–Crippen MR) is 98.9 cm³/mol. The Labute approximate surface area is 158 Å². The van der Waals surface area contributed by atoms with Crippen LogP contribution in [0.5, 0.6) is 0 Å². The molecule has 0 saturated carbocycles. The third-order valence-electron chi connectivity index (χ3n) is 4.39. The average molecular weight is 419 g/mol. The second-order valence-corrected chi connectivity index (χ2v) is 7.01. The van der Waals surface area contributed by atoms with Gasteiger partial charge in [0.15, 0.2) is 11.3 Å². The number of rotatable bonds is 5. The van der Waals surface area contributed by atoms with Crippen molar-refractivity contribution in [2.75, 3.05) is 13.2 Å². The molecule has 0 bridgehead atoms. The highest BCUT2D eigenvalue weighted by Crippen LogP contribution is 2.26. The molecule has 1 N–H and O–H groups in total. The summed E-state index contributed by atoms with van der Waals surface area (Å²) in [6.07, 6.45) is 5.73. The summed E-state index contributed by atoms with van der Waals surface area (Å²) in [6, 6.07) is 3.51. The van der Waals surface area contributed by atoms with Gasteiger partial charge in [-0.2, -0.15) is 10.2 Å². The minimum Gasteiger partial charge on any atom is -0.376 e. The lowest BCUT2D eigenvalue weighted by molar-refractivity contribution is 0.0853. The van der Waals surface area contributed by atoms with E-state index in [1.54, 1.807) is 16.8 Å². The van der Waals surface area contributed by atoms with Crippen molar-refractivity contribution in [3.63, 3.8) is 0 Å². The number of nitrogens with one attached hydrogen (secondary N) is 1. The molecule has 1 aliphatic rings. The molecule has 1 saturated heterocycles. The number of ether oxygens (including phenoxy) is 1. The molecule has 8 nitrogen and oxygen atoms in total. The van der Waals surface area contributed by atoms with Crippen LogP contribution in [-0.2, 0) is 11.3 Å². The molecule has 136 valence electrons. The van der Waals surface area contributed by atoms with E-state index < -0.39 is 0 Å². The van der Waals surface area contributed by atoms with Crippen molar-refractivity contribution in [1.82, 2.24) is 29.7 Å². The zero-order valence-corrected chi connectivity index (χ0v) is 15.9. The monoisotopic (exact) mass is 418 g/mol. The van der Waals surface area contributed by atoms with Gasteiger partial charge in [0.25, 0.3) is 5.91 Å². The zero-order chi connectivity index (χ0) is 18.1. The molecule has 9 heteroatoms. The molecule has 1 unspecified atom stereocenters. The molecule has 0 radical (unpaired) electrons. The van der Waals surface area contributed by atoms with E-state index in [0.29, 0.717) is 17.9 Å². The lowest BCUT2D eigenvalue weighted by Crippen LogP contribution is -2.32. The van der Waals surface area contributed by atoms with E-state index in [0.717, 1.165) is 41.9 Å². The van der Waals surface area contributed by atoms with Gasteiger partial charge in [-0.15, -0.1) is 0 Å². The molecule has 3 aromatic rings. The maximum Gasteiger partial charge on any atom is 0.271 e. The van der Waals surface area contributed by atoms with Crippen LogP contribution in [0.25, 0.3) is 17.0 Å². The van der Waals surface area contributed by atoms with E-state index in [4.69, 9.17) is 4.74 Å². The zero-order valence-electron chi connectivity index (χ0n) is 14.4. The smallest absolute Gasteiger partial charge is 0.271 e. The molecule has 1 fully saturated rings. The maximum absolute atomic E-state index is 12.4. The molecule has 0 aliphatic carbocycles. The third kappa shape index (κ3) is 3.24. The highest BCUT2D eigenvalue weighted by atomic mass is 79.9. The van der Waals surface area contributed by atoms with Crippen LogP contribution in [0.3, 0.4) is 0 Å². The van der Waals surface area contributed by atoms with Crippen LogP contribution < -0.4 is 5.32 Å². The Morgan fingerprint density at radius 3 is 3.08 bits per heavy atom. The number of carbonyl (C=O) groups excluding carboxylic acids is 1. The topological polar surface area (TPSA) is 86.3 Å². The van der Waals surface area contributed by atoms with E-state index in [9.17, 15) is 4.79 Å². The van der Waals surface area contributed by atoms with Crippen LogP contribution in [0.15, 0.2) is 29.0 Å². The van der Waals surface area contributed by atoms with E-state index in [-0.39, 0.29) is 12.0 Å². The average Bonchev–Trinajstić information content (AvgIpc) is 3.38. The number of amides is 1. The number of hydrogen-bond donors (Lipinski definition) is 1. The third-order valence-corrected chi connectivity index (χ3v) is 4.97. The van der Waals surface area contributed by atoms with Gasteiger partial charge in [0.1, 0.15) is 5.69 Å². The SMILES string of the molecule is CCn1cc(Br)c(-c2ccnc3cc(C(=O)NCC4CCCO4)nn23)n1. The number of halogens is 1. The first-order valence-electron chi connectivity index (χ1n) is 8.63. The fraction of sp³-hybridized carbons (Fsp3) is 0.412. The molecule has 1 atom stereocenters. The molecule has 1 aliphatic heterocycles. The van der Waals surface area contributed by atoms with Gasteiger partial charge in [0.2, 0.25) is 0 Å². The van der Waals surface area contributed by atoms with Crippen molar-refractivity contribution in [3.05, 3.63) is 34.7 Å². The van der Waals surface area contributed by atoms with Gasteiger partial charge >= 0.3 is 0 Å². The van der Waals surface area contributed by atoms with Gasteiger partial charge in [-0.05, 0) is 41.8 Å². The van der Waals surface area contributed by atoms with Crippen molar-refractivity contribution in [2.45, 2.75) is 32.4 Å². The van der Waals surface area contributed by atoms with Crippen LogP contribution >= 0.6 is 15.9 Å². The van der Waals surface area contributed by atoms with Gasteiger partial charge < -0.3 is 10.1 Å². The first kappa shape index (κ1) is 17.2. The summed E-state index contributed by atoms with van der Waals surface area (Å²) in [4.78, 5) is 16.7. The summed E-state index contributed by atoms with van der Waals surface area (Å²) in [5, 5.41) is 11.9. The Bertz CT molecular complexity index is 944. The Morgan fingerprint density at radius 2 is 2.35 bits per heavy atom. The fourth-order valence-electron chi connectivity index (χ4n) is 3.02. The second-order valence-electron chi connectivity index (χ2n) is 6.16. The van der Waals surface area contributed by atoms with Crippen LogP contribution in [0, 0.1) is 0 Å². The largest absolute Gasteiger partial charge is 0.376 e. The summed E-state index contributed by atoms with van der Waals surface area (Å²) in [5.74, 6) is -0.227. The molecule has 0 aromatic carbocycles. The van der Waals surface area contributed by atoms with Gasteiger partial charge in [-0.3, -0.25) is 9.48 Å². The van der Waals surface area contributed by atoms with Gasteiger partial charge in [-0.25, -0.2) is 9.50 Å². The maximum atomic E-state index is 12.4. The number of fused-ring (bicyclic) bond motifs is 1. The lowest BCUT2D eigenvalue weighted by atomic mass is 10.2. The van der Waals surface area contributed by atoms with E-state index in [2.05, 4.69) is 36.4 Å². The summed E-state index contributed by atoms with van der Waals surface area (Å²) < 4.78 is 9.88. The summed E-state index contributed by atoms with van der Waals surface area (Å²) in [5.41, 5.74) is 2.46. The summed E-state index contributed by atoms with van der Waals surface area (Å²) >= 11 is 3.54. The predicted octanol–water partition coefficient (Wildman–Crippen LogP) is 2.28. The highest BCUT2D eigenvalue weighted by Gasteiger charge is 2.20. The van der Waals surface area contributed by atoms with Gasteiger partial charge in [0, 0.05) is 38.2 Å². The number of aromatic nitrogens is 5. The highest BCUT2D eigenvalue weighted by molar-refractivity contribution is 9.10. The molecular formula is C17H19BrN6O2. The first-order chi connectivity index (χ1) is 12.7. The van der Waals surface area contributed by atoms with E-state index in [1.165, 1.54) is 0 Å². The fourth-order valence-corrected chi connectivity index (χ4v) is 3.54. The molecule has 0 spiro atoms. The quantitative estimate of drug-likeness (QED) is 0.686. The summed E-state index contributed by atoms with van der Waals surface area (Å²) in [7, 11) is 0. The van der Waals surface area contributed by atoms with Crippen LogP contribution in [0.1, 0.15) is 30.3 Å². The van der Waals surface area contributed by atoms with E-state index in [1.807, 2.05) is 23.9 Å². The number of nitrogens with zero attached hydrogens (tertiary/aromatic N) is 5. The molecule has 1 amide bonds. The Hall–Kier alpha value is -2.26. The Morgan fingerprint density at radius 1 is 1.46 bits per heavy atom. The van der Waals surface area contributed by atoms with Crippen molar-refractivity contribution < 1.29 is 9.53 Å². The minimum absolute atomic E-state index is 0.0960. The van der Waals surface area contributed by atoms with Crippen molar-refractivity contribution in [1.29, 1.82) is 0 Å². The Kier molecular flexibility index (Phi) is 4.73. The second kappa shape index (κ2) is 7.16. The Balaban J connectivity index is 1.62. The number of aryl methyl sites for hydroxylation is 1. The first-order valence-corrected chi connectivity index (χ1v) is 9.43. The number of hydrogen-bond acceptors (Lipinski definition) is 5. The summed E-state index contributed by atoms with van der Waals surface area (Å²) in [6.45, 7) is 4.06. The molecular weight excluding hydrogens is 400 g/mol.